The molecule has 1 saturated heterocycles. The zero-order valence-electron chi connectivity index (χ0n) is 9.04. The number of hydrogen-bond acceptors (Lipinski definition) is 2. The van der Waals surface area contributed by atoms with Gasteiger partial charge in [-0.1, -0.05) is 19.3 Å². The molecule has 2 rings (SSSR count). The normalized spacial score (nSPS) is 39.6. The molecule has 2 aliphatic rings. The fraction of sp³-hybridized carbons (Fsp3) is 1.00. The van der Waals surface area contributed by atoms with Crippen molar-refractivity contribution in [1.29, 1.82) is 0 Å². The molecule has 1 saturated carbocycles. The van der Waals surface area contributed by atoms with Crippen LogP contribution in [-0.2, 0) is 0 Å². The summed E-state index contributed by atoms with van der Waals surface area (Å²) in [4.78, 5) is 0. The Labute approximate surface area is 87.1 Å². The number of aliphatic hydroxyl groups is 1. The van der Waals surface area contributed by atoms with Crippen LogP contribution in [0, 0.1) is 5.92 Å². The summed E-state index contributed by atoms with van der Waals surface area (Å²) < 4.78 is 0. The molecule has 82 valence electrons. The summed E-state index contributed by atoms with van der Waals surface area (Å²) in [7, 11) is 0. The topological polar surface area (TPSA) is 32.3 Å². The first kappa shape index (κ1) is 10.4. The number of rotatable bonds is 2. The van der Waals surface area contributed by atoms with Crippen molar-refractivity contribution in [1.82, 2.24) is 5.32 Å². The van der Waals surface area contributed by atoms with Crippen LogP contribution in [0.4, 0.5) is 0 Å². The van der Waals surface area contributed by atoms with Crippen molar-refractivity contribution >= 4 is 0 Å². The van der Waals surface area contributed by atoms with Crippen molar-refractivity contribution in [2.45, 2.75) is 63.5 Å². The molecule has 1 aliphatic carbocycles. The van der Waals surface area contributed by atoms with Gasteiger partial charge in [0.05, 0.1) is 6.10 Å². The van der Waals surface area contributed by atoms with Crippen molar-refractivity contribution in [2.75, 3.05) is 6.54 Å². The lowest BCUT2D eigenvalue weighted by Gasteiger charge is -2.32. The minimum atomic E-state index is -0.00697. The van der Waals surface area contributed by atoms with Crippen LogP contribution in [-0.4, -0.2) is 23.8 Å². The molecule has 14 heavy (non-hydrogen) atoms. The zero-order valence-corrected chi connectivity index (χ0v) is 9.04. The first-order valence-corrected chi connectivity index (χ1v) is 6.28. The Hall–Kier alpha value is -0.0800. The number of piperidine rings is 1. The Morgan fingerprint density at radius 3 is 2.50 bits per heavy atom. The molecule has 2 fully saturated rings. The second kappa shape index (κ2) is 5.13. The van der Waals surface area contributed by atoms with Gasteiger partial charge in [0.25, 0.3) is 0 Å². The van der Waals surface area contributed by atoms with Crippen molar-refractivity contribution in [3.63, 3.8) is 0 Å². The molecule has 0 aromatic rings. The number of nitrogens with one attached hydrogen (secondary N) is 1. The minimum Gasteiger partial charge on any atom is -0.393 e. The van der Waals surface area contributed by atoms with Crippen LogP contribution < -0.4 is 5.32 Å². The average Bonchev–Trinajstić information content (AvgIpc) is 2.23. The zero-order chi connectivity index (χ0) is 9.80. The molecule has 1 heterocycles. The van der Waals surface area contributed by atoms with Crippen LogP contribution >= 0.6 is 0 Å². The van der Waals surface area contributed by atoms with Gasteiger partial charge in [0.15, 0.2) is 0 Å². The van der Waals surface area contributed by atoms with E-state index >= 15 is 0 Å². The summed E-state index contributed by atoms with van der Waals surface area (Å²) in [6.07, 6.45) is 10.1. The molecular formula is C12H23NO. The van der Waals surface area contributed by atoms with E-state index in [-0.39, 0.29) is 6.10 Å². The van der Waals surface area contributed by atoms with Crippen molar-refractivity contribution in [3.05, 3.63) is 0 Å². The first-order chi connectivity index (χ1) is 6.86. The summed E-state index contributed by atoms with van der Waals surface area (Å²) in [5.41, 5.74) is 0. The summed E-state index contributed by atoms with van der Waals surface area (Å²) in [5.74, 6) is 0.583. The molecule has 2 nitrogen and oxygen atoms in total. The molecular weight excluding hydrogens is 174 g/mol. The molecule has 0 spiro atoms. The van der Waals surface area contributed by atoms with E-state index in [1.165, 1.54) is 51.5 Å². The fourth-order valence-corrected chi connectivity index (χ4v) is 2.95. The third-order valence-corrected chi connectivity index (χ3v) is 3.87. The SMILES string of the molecule is O[C@@H]1CCCC[C@H]1C[C@H]1CCCCN1. The van der Waals surface area contributed by atoms with Gasteiger partial charge in [0, 0.05) is 6.04 Å². The molecule has 0 amide bonds. The maximum Gasteiger partial charge on any atom is 0.0569 e. The fourth-order valence-electron chi connectivity index (χ4n) is 2.95. The van der Waals surface area contributed by atoms with E-state index in [9.17, 15) is 5.11 Å². The van der Waals surface area contributed by atoms with Gasteiger partial charge in [-0.25, -0.2) is 0 Å². The lowest BCUT2D eigenvalue weighted by molar-refractivity contribution is 0.0575. The molecule has 0 radical (unpaired) electrons. The van der Waals surface area contributed by atoms with E-state index in [4.69, 9.17) is 0 Å². The molecule has 0 unspecified atom stereocenters. The molecule has 0 aromatic carbocycles. The number of hydrogen-bond donors (Lipinski definition) is 2. The third kappa shape index (κ3) is 2.71. The summed E-state index contributed by atoms with van der Waals surface area (Å²) in [6, 6.07) is 0.696. The van der Waals surface area contributed by atoms with E-state index < -0.39 is 0 Å². The standard InChI is InChI=1S/C12H23NO/c14-12-7-2-1-5-10(12)9-11-6-3-4-8-13-11/h10-14H,1-9H2/t10-,11+,12+/m0/s1. The minimum absolute atomic E-state index is 0.00697. The van der Waals surface area contributed by atoms with Crippen molar-refractivity contribution in [3.8, 4) is 0 Å². The van der Waals surface area contributed by atoms with Crippen LogP contribution in [0.3, 0.4) is 0 Å². The predicted molar refractivity (Wildman–Crippen MR) is 58.2 cm³/mol. The van der Waals surface area contributed by atoms with Crippen LogP contribution in [0.15, 0.2) is 0 Å². The average molecular weight is 197 g/mol. The van der Waals surface area contributed by atoms with Crippen molar-refractivity contribution < 1.29 is 5.11 Å². The lowest BCUT2D eigenvalue weighted by atomic mass is 9.81. The predicted octanol–water partition coefficient (Wildman–Crippen LogP) is 2.07. The van der Waals surface area contributed by atoms with Gasteiger partial charge >= 0.3 is 0 Å². The second-order valence-electron chi connectivity index (χ2n) is 4.99. The summed E-state index contributed by atoms with van der Waals surface area (Å²) in [5, 5.41) is 13.4. The van der Waals surface area contributed by atoms with Crippen LogP contribution in [0.25, 0.3) is 0 Å². The van der Waals surface area contributed by atoms with Gasteiger partial charge < -0.3 is 10.4 Å². The molecule has 1 aliphatic heterocycles. The Morgan fingerprint density at radius 1 is 1.00 bits per heavy atom. The summed E-state index contributed by atoms with van der Waals surface area (Å²) >= 11 is 0. The maximum atomic E-state index is 9.87. The highest BCUT2D eigenvalue weighted by molar-refractivity contribution is 4.81. The van der Waals surface area contributed by atoms with Gasteiger partial charge in [0.1, 0.15) is 0 Å². The Morgan fingerprint density at radius 2 is 1.79 bits per heavy atom. The van der Waals surface area contributed by atoms with Gasteiger partial charge in [-0.3, -0.25) is 0 Å². The third-order valence-electron chi connectivity index (χ3n) is 3.87. The molecule has 3 atom stereocenters. The largest absolute Gasteiger partial charge is 0.393 e. The Bertz CT molecular complexity index is 166. The highest BCUT2D eigenvalue weighted by atomic mass is 16.3. The van der Waals surface area contributed by atoms with E-state index in [0.29, 0.717) is 12.0 Å². The van der Waals surface area contributed by atoms with Crippen LogP contribution in [0.2, 0.25) is 0 Å². The van der Waals surface area contributed by atoms with E-state index in [1.807, 2.05) is 0 Å². The Balaban J connectivity index is 1.76. The monoisotopic (exact) mass is 197 g/mol. The molecule has 0 bridgehead atoms. The molecule has 2 heteroatoms. The highest BCUT2D eigenvalue weighted by Gasteiger charge is 2.26. The maximum absolute atomic E-state index is 9.87. The lowest BCUT2D eigenvalue weighted by Crippen LogP contribution is -2.38. The highest BCUT2D eigenvalue weighted by Crippen LogP contribution is 2.29. The number of aliphatic hydroxyl groups excluding tert-OH is 1. The second-order valence-corrected chi connectivity index (χ2v) is 4.99. The van der Waals surface area contributed by atoms with Gasteiger partial charge in [-0.2, -0.15) is 0 Å². The first-order valence-electron chi connectivity index (χ1n) is 6.28. The van der Waals surface area contributed by atoms with Gasteiger partial charge in [-0.05, 0) is 44.6 Å². The Kier molecular flexibility index (Phi) is 3.82. The van der Waals surface area contributed by atoms with E-state index in [0.717, 1.165) is 6.42 Å². The quantitative estimate of drug-likeness (QED) is 0.710. The van der Waals surface area contributed by atoms with Crippen LogP contribution in [0.5, 0.6) is 0 Å². The van der Waals surface area contributed by atoms with Crippen molar-refractivity contribution in [2.24, 2.45) is 5.92 Å². The molecule has 0 aromatic heterocycles. The molecule has 2 N–H and O–H groups in total. The smallest absolute Gasteiger partial charge is 0.0569 e. The van der Waals surface area contributed by atoms with E-state index in [1.54, 1.807) is 0 Å². The summed E-state index contributed by atoms with van der Waals surface area (Å²) in [6.45, 7) is 1.19. The van der Waals surface area contributed by atoms with Crippen LogP contribution in [0.1, 0.15) is 51.4 Å². The van der Waals surface area contributed by atoms with Gasteiger partial charge in [-0.15, -0.1) is 0 Å². The van der Waals surface area contributed by atoms with E-state index in [2.05, 4.69) is 5.32 Å². The van der Waals surface area contributed by atoms with Gasteiger partial charge in [0.2, 0.25) is 0 Å².